The summed E-state index contributed by atoms with van der Waals surface area (Å²) in [6, 6.07) is 0.905. The third-order valence-corrected chi connectivity index (χ3v) is 3.97. The second kappa shape index (κ2) is 5.13. The van der Waals surface area contributed by atoms with Crippen molar-refractivity contribution in [3.8, 4) is 0 Å². The molecule has 0 bridgehead atoms. The van der Waals surface area contributed by atoms with Crippen molar-refractivity contribution >= 4 is 0 Å². The largest absolute Gasteiger partial charge is 0.330 e. The molecule has 2 N–H and O–H groups in total. The lowest BCUT2D eigenvalue weighted by Crippen LogP contribution is -2.38. The van der Waals surface area contributed by atoms with Gasteiger partial charge in [-0.15, -0.1) is 0 Å². The number of nitrogens with zero attached hydrogens (tertiary/aromatic N) is 1. The molecule has 0 spiro atoms. The molecule has 14 heavy (non-hydrogen) atoms. The number of likely N-dealkylation sites (tertiary alicyclic amines) is 1. The van der Waals surface area contributed by atoms with Crippen LogP contribution in [0.4, 0.5) is 0 Å². The third-order valence-electron chi connectivity index (χ3n) is 3.97. The molecule has 1 saturated heterocycles. The monoisotopic (exact) mass is 196 g/mol. The summed E-state index contributed by atoms with van der Waals surface area (Å²) in [5, 5.41) is 0. The molecule has 2 aliphatic rings. The van der Waals surface area contributed by atoms with Gasteiger partial charge in [0.25, 0.3) is 0 Å². The first-order chi connectivity index (χ1) is 6.90. The highest BCUT2D eigenvalue weighted by Crippen LogP contribution is 2.26. The zero-order valence-electron chi connectivity index (χ0n) is 9.25. The van der Waals surface area contributed by atoms with Gasteiger partial charge in [0.05, 0.1) is 0 Å². The number of hydrogen-bond donors (Lipinski definition) is 1. The zero-order valence-corrected chi connectivity index (χ0v) is 9.25. The van der Waals surface area contributed by atoms with E-state index >= 15 is 0 Å². The molecule has 2 nitrogen and oxygen atoms in total. The van der Waals surface area contributed by atoms with E-state index in [1.165, 1.54) is 58.0 Å². The predicted octanol–water partition coefficient (Wildman–Crippen LogP) is 1.99. The molecule has 0 aromatic heterocycles. The Morgan fingerprint density at radius 1 is 1.00 bits per heavy atom. The predicted molar refractivity (Wildman–Crippen MR) is 60.2 cm³/mol. The molecule has 2 fully saturated rings. The highest BCUT2D eigenvalue weighted by atomic mass is 15.2. The Bertz CT molecular complexity index is 164. The molecule has 1 unspecified atom stereocenters. The van der Waals surface area contributed by atoms with E-state index in [0.717, 1.165) is 18.5 Å². The van der Waals surface area contributed by atoms with Crippen LogP contribution < -0.4 is 5.73 Å². The van der Waals surface area contributed by atoms with Crippen molar-refractivity contribution in [1.82, 2.24) is 4.90 Å². The van der Waals surface area contributed by atoms with Gasteiger partial charge >= 0.3 is 0 Å². The van der Waals surface area contributed by atoms with Crippen LogP contribution in [0.1, 0.15) is 44.9 Å². The molecule has 1 heterocycles. The fraction of sp³-hybridized carbons (Fsp3) is 1.00. The van der Waals surface area contributed by atoms with Gasteiger partial charge in [0.2, 0.25) is 0 Å². The highest BCUT2D eigenvalue weighted by Gasteiger charge is 2.25. The molecule has 1 saturated carbocycles. The Labute approximate surface area is 87.8 Å². The minimum absolute atomic E-state index is 0.776. The Morgan fingerprint density at radius 2 is 1.71 bits per heavy atom. The second-order valence-corrected chi connectivity index (χ2v) is 5.03. The summed E-state index contributed by atoms with van der Waals surface area (Å²) in [5.41, 5.74) is 5.81. The van der Waals surface area contributed by atoms with Gasteiger partial charge in [0.1, 0.15) is 0 Å². The summed E-state index contributed by atoms with van der Waals surface area (Å²) in [6.45, 7) is 3.51. The van der Waals surface area contributed by atoms with Gasteiger partial charge in [-0.2, -0.15) is 0 Å². The van der Waals surface area contributed by atoms with E-state index < -0.39 is 0 Å². The molecule has 0 aromatic carbocycles. The standard InChI is InChI=1S/C12H24N2/c13-9-11-5-3-4-8-14(10-11)12-6-1-2-7-12/h11-12H,1-10,13H2. The topological polar surface area (TPSA) is 29.3 Å². The molecule has 82 valence electrons. The number of hydrogen-bond acceptors (Lipinski definition) is 2. The van der Waals surface area contributed by atoms with Crippen LogP contribution in [-0.4, -0.2) is 30.6 Å². The Kier molecular flexibility index (Phi) is 3.82. The van der Waals surface area contributed by atoms with Crippen LogP contribution in [0.5, 0.6) is 0 Å². The van der Waals surface area contributed by atoms with E-state index in [2.05, 4.69) is 4.90 Å². The molecule has 1 atom stereocenters. The smallest absolute Gasteiger partial charge is 0.00953 e. The Morgan fingerprint density at radius 3 is 2.43 bits per heavy atom. The lowest BCUT2D eigenvalue weighted by Gasteiger charge is -2.29. The Hall–Kier alpha value is -0.0800. The van der Waals surface area contributed by atoms with Crippen LogP contribution in [0, 0.1) is 5.92 Å². The van der Waals surface area contributed by atoms with Crippen molar-refractivity contribution in [1.29, 1.82) is 0 Å². The summed E-state index contributed by atoms with van der Waals surface area (Å²) in [4.78, 5) is 2.73. The van der Waals surface area contributed by atoms with Crippen molar-refractivity contribution in [2.75, 3.05) is 19.6 Å². The van der Waals surface area contributed by atoms with Gasteiger partial charge in [0, 0.05) is 12.6 Å². The van der Waals surface area contributed by atoms with Gasteiger partial charge in [0.15, 0.2) is 0 Å². The van der Waals surface area contributed by atoms with Gasteiger partial charge in [-0.25, -0.2) is 0 Å². The fourth-order valence-corrected chi connectivity index (χ4v) is 3.06. The van der Waals surface area contributed by atoms with Crippen molar-refractivity contribution in [3.63, 3.8) is 0 Å². The van der Waals surface area contributed by atoms with Crippen LogP contribution in [0.3, 0.4) is 0 Å². The molecule has 1 aliphatic heterocycles. The van der Waals surface area contributed by atoms with Gasteiger partial charge in [-0.05, 0) is 44.7 Å². The number of nitrogens with two attached hydrogens (primary N) is 1. The molecule has 2 heteroatoms. The molecule has 2 rings (SSSR count). The van der Waals surface area contributed by atoms with Crippen LogP contribution in [-0.2, 0) is 0 Å². The molecule has 0 radical (unpaired) electrons. The third kappa shape index (κ3) is 2.48. The minimum atomic E-state index is 0.776. The lowest BCUT2D eigenvalue weighted by molar-refractivity contribution is 0.183. The molecular weight excluding hydrogens is 172 g/mol. The van der Waals surface area contributed by atoms with Crippen LogP contribution in [0.2, 0.25) is 0 Å². The van der Waals surface area contributed by atoms with E-state index in [0.29, 0.717) is 0 Å². The maximum absolute atomic E-state index is 5.81. The zero-order chi connectivity index (χ0) is 9.80. The van der Waals surface area contributed by atoms with Gasteiger partial charge in [-0.1, -0.05) is 19.3 Å². The van der Waals surface area contributed by atoms with E-state index in [9.17, 15) is 0 Å². The van der Waals surface area contributed by atoms with Crippen molar-refractivity contribution in [2.45, 2.75) is 51.0 Å². The maximum atomic E-state index is 5.81. The summed E-state index contributed by atoms with van der Waals surface area (Å²) < 4.78 is 0. The summed E-state index contributed by atoms with van der Waals surface area (Å²) in [5.74, 6) is 0.776. The van der Waals surface area contributed by atoms with E-state index in [1.807, 2.05) is 0 Å². The van der Waals surface area contributed by atoms with Gasteiger partial charge < -0.3 is 10.6 Å². The van der Waals surface area contributed by atoms with E-state index in [4.69, 9.17) is 5.73 Å². The SMILES string of the molecule is NCC1CCCCN(C2CCCC2)C1. The highest BCUT2D eigenvalue weighted by molar-refractivity contribution is 4.81. The van der Waals surface area contributed by atoms with Crippen molar-refractivity contribution in [3.05, 3.63) is 0 Å². The quantitative estimate of drug-likeness (QED) is 0.732. The summed E-state index contributed by atoms with van der Waals surface area (Å²) in [6.07, 6.45) is 9.94. The van der Waals surface area contributed by atoms with Crippen molar-refractivity contribution < 1.29 is 0 Å². The van der Waals surface area contributed by atoms with Crippen LogP contribution in [0.15, 0.2) is 0 Å². The van der Waals surface area contributed by atoms with E-state index in [-0.39, 0.29) is 0 Å². The normalized spacial score (nSPS) is 31.9. The summed E-state index contributed by atoms with van der Waals surface area (Å²) >= 11 is 0. The minimum Gasteiger partial charge on any atom is -0.330 e. The number of rotatable bonds is 2. The molecular formula is C12H24N2. The average molecular weight is 196 g/mol. The van der Waals surface area contributed by atoms with E-state index in [1.54, 1.807) is 0 Å². The first-order valence-corrected chi connectivity index (χ1v) is 6.34. The van der Waals surface area contributed by atoms with Crippen LogP contribution >= 0.6 is 0 Å². The van der Waals surface area contributed by atoms with Gasteiger partial charge in [-0.3, -0.25) is 0 Å². The lowest BCUT2D eigenvalue weighted by atomic mass is 10.0. The first kappa shape index (κ1) is 10.4. The Balaban J connectivity index is 1.88. The molecule has 0 aromatic rings. The average Bonchev–Trinajstić information content (AvgIpc) is 2.63. The van der Waals surface area contributed by atoms with Crippen LogP contribution in [0.25, 0.3) is 0 Å². The van der Waals surface area contributed by atoms with Crippen molar-refractivity contribution in [2.24, 2.45) is 11.7 Å². The molecule has 1 aliphatic carbocycles. The molecule has 0 amide bonds. The maximum Gasteiger partial charge on any atom is 0.00953 e. The fourth-order valence-electron chi connectivity index (χ4n) is 3.06. The summed E-state index contributed by atoms with van der Waals surface area (Å²) in [7, 11) is 0. The second-order valence-electron chi connectivity index (χ2n) is 5.03. The first-order valence-electron chi connectivity index (χ1n) is 6.34.